The van der Waals surface area contributed by atoms with Crippen molar-refractivity contribution >= 4 is 27.8 Å². The lowest BCUT2D eigenvalue weighted by molar-refractivity contribution is -0.142. The summed E-state index contributed by atoms with van der Waals surface area (Å²) in [6, 6.07) is 0.998. The molecule has 0 aliphatic carbocycles. The number of methoxy groups -OCH3 is 1. The van der Waals surface area contributed by atoms with Gasteiger partial charge in [-0.3, -0.25) is 9.78 Å². The molecule has 0 aliphatic rings. The number of aromatic nitrogens is 1. The van der Waals surface area contributed by atoms with Gasteiger partial charge in [0.05, 0.1) is 12.7 Å². The molecule has 5 nitrogen and oxygen atoms in total. The van der Waals surface area contributed by atoms with Crippen LogP contribution in [0.5, 0.6) is 0 Å². The first-order valence-electron chi connectivity index (χ1n) is 5.07. The van der Waals surface area contributed by atoms with Crippen LogP contribution in [0.3, 0.4) is 0 Å². The molecule has 1 atom stereocenters. The predicted octanol–water partition coefficient (Wildman–Crippen LogP) is 1.53. The van der Waals surface area contributed by atoms with Crippen LogP contribution in [0.25, 0.3) is 0 Å². The third kappa shape index (κ3) is 3.81. The minimum atomic E-state index is -0.633. The minimum Gasteiger partial charge on any atom is -0.467 e. The fourth-order valence-electron chi connectivity index (χ4n) is 1.25. The van der Waals surface area contributed by atoms with E-state index in [0.29, 0.717) is 16.5 Å². The van der Waals surface area contributed by atoms with Gasteiger partial charge in [0, 0.05) is 16.9 Å². The van der Waals surface area contributed by atoms with E-state index < -0.39 is 12.0 Å². The summed E-state index contributed by atoms with van der Waals surface area (Å²) >= 11 is 3.22. The molecule has 0 aliphatic heterocycles. The maximum atomic E-state index is 11.8. The molecule has 0 bridgehead atoms. The van der Waals surface area contributed by atoms with Gasteiger partial charge >= 0.3 is 5.97 Å². The van der Waals surface area contributed by atoms with Gasteiger partial charge in [0.1, 0.15) is 6.04 Å². The third-order valence-corrected chi connectivity index (χ3v) is 2.60. The Morgan fingerprint density at radius 2 is 2.24 bits per heavy atom. The number of nitrogens with one attached hydrogen (secondary N) is 1. The first-order valence-corrected chi connectivity index (χ1v) is 5.87. The number of ether oxygens (including phenoxy) is 1. The summed E-state index contributed by atoms with van der Waals surface area (Å²) in [6.45, 7) is 1.79. The van der Waals surface area contributed by atoms with E-state index in [9.17, 15) is 9.59 Å². The Morgan fingerprint density at radius 3 is 2.76 bits per heavy atom. The summed E-state index contributed by atoms with van der Waals surface area (Å²) in [7, 11) is 1.29. The molecule has 1 heterocycles. The summed E-state index contributed by atoms with van der Waals surface area (Å²) in [5.41, 5.74) is 0.390. The van der Waals surface area contributed by atoms with Gasteiger partial charge in [0.25, 0.3) is 5.91 Å². The number of hydrogen-bond donors (Lipinski definition) is 1. The normalized spacial score (nSPS) is 11.7. The lowest BCUT2D eigenvalue weighted by atomic mass is 10.2. The fraction of sp³-hybridized carbons (Fsp3) is 0.364. The highest BCUT2D eigenvalue weighted by Crippen LogP contribution is 2.09. The molecule has 1 amide bonds. The molecular formula is C11H13BrN2O3. The fourth-order valence-corrected chi connectivity index (χ4v) is 1.61. The topological polar surface area (TPSA) is 68.3 Å². The van der Waals surface area contributed by atoms with Crippen LogP contribution in [0.15, 0.2) is 22.9 Å². The Kier molecular flexibility index (Phi) is 5.09. The van der Waals surface area contributed by atoms with Crippen LogP contribution >= 0.6 is 15.9 Å². The van der Waals surface area contributed by atoms with E-state index in [1.807, 2.05) is 0 Å². The summed E-state index contributed by atoms with van der Waals surface area (Å²) in [5, 5.41) is 2.59. The van der Waals surface area contributed by atoms with E-state index in [4.69, 9.17) is 0 Å². The molecule has 6 heteroatoms. The molecule has 0 spiro atoms. The van der Waals surface area contributed by atoms with Crippen molar-refractivity contribution < 1.29 is 14.3 Å². The largest absolute Gasteiger partial charge is 0.467 e. The molecular weight excluding hydrogens is 288 g/mol. The molecule has 1 aromatic rings. The van der Waals surface area contributed by atoms with Gasteiger partial charge in [-0.2, -0.15) is 0 Å². The second-order valence-corrected chi connectivity index (χ2v) is 4.26. The quantitative estimate of drug-likeness (QED) is 0.856. The highest BCUT2D eigenvalue weighted by atomic mass is 79.9. The number of hydrogen-bond acceptors (Lipinski definition) is 4. The maximum absolute atomic E-state index is 11.8. The van der Waals surface area contributed by atoms with Crippen LogP contribution in [0, 0.1) is 0 Å². The summed E-state index contributed by atoms with van der Waals surface area (Å²) in [6.07, 6.45) is 3.48. The van der Waals surface area contributed by atoms with Crippen molar-refractivity contribution in [1.29, 1.82) is 0 Å². The first kappa shape index (κ1) is 13.6. The molecule has 0 saturated carbocycles. The predicted molar refractivity (Wildman–Crippen MR) is 65.5 cm³/mol. The second kappa shape index (κ2) is 6.34. The summed E-state index contributed by atoms with van der Waals surface area (Å²) in [4.78, 5) is 27.0. The van der Waals surface area contributed by atoms with Crippen molar-refractivity contribution in [2.75, 3.05) is 7.11 Å². The zero-order valence-corrected chi connectivity index (χ0v) is 11.2. The van der Waals surface area contributed by atoms with Crippen molar-refractivity contribution in [3.8, 4) is 0 Å². The van der Waals surface area contributed by atoms with Gasteiger partial charge in [-0.05, 0) is 28.4 Å². The van der Waals surface area contributed by atoms with Crippen molar-refractivity contribution in [3.05, 3.63) is 28.5 Å². The standard InChI is InChI=1S/C11H13BrN2O3/c1-3-9(11(16)17-2)14-10(15)7-4-8(12)6-13-5-7/h4-6,9H,3H2,1-2H3,(H,14,15). The molecule has 0 saturated heterocycles. The average Bonchev–Trinajstić information content (AvgIpc) is 2.34. The molecule has 0 aromatic carbocycles. The number of pyridine rings is 1. The Bertz CT molecular complexity index is 423. The number of amides is 1. The highest BCUT2D eigenvalue weighted by molar-refractivity contribution is 9.10. The van der Waals surface area contributed by atoms with Crippen molar-refractivity contribution in [3.63, 3.8) is 0 Å². The molecule has 1 N–H and O–H groups in total. The molecule has 0 fully saturated rings. The minimum absolute atomic E-state index is 0.351. The van der Waals surface area contributed by atoms with Gasteiger partial charge in [-0.15, -0.1) is 0 Å². The zero-order valence-electron chi connectivity index (χ0n) is 9.57. The van der Waals surface area contributed by atoms with Gasteiger partial charge in [-0.1, -0.05) is 6.92 Å². The molecule has 1 rings (SSSR count). The lowest BCUT2D eigenvalue weighted by Crippen LogP contribution is -2.41. The zero-order chi connectivity index (χ0) is 12.8. The number of nitrogens with zero attached hydrogens (tertiary/aromatic N) is 1. The van der Waals surface area contributed by atoms with Crippen molar-refractivity contribution in [2.24, 2.45) is 0 Å². The summed E-state index contributed by atoms with van der Waals surface area (Å²) in [5.74, 6) is -0.806. The van der Waals surface area contributed by atoms with Crippen molar-refractivity contribution in [1.82, 2.24) is 10.3 Å². The monoisotopic (exact) mass is 300 g/mol. The van der Waals surface area contributed by atoms with E-state index >= 15 is 0 Å². The average molecular weight is 301 g/mol. The Hall–Kier alpha value is -1.43. The van der Waals surface area contributed by atoms with Crippen LogP contribution < -0.4 is 5.32 Å². The Labute approximate surface area is 108 Å². The van der Waals surface area contributed by atoms with E-state index in [1.54, 1.807) is 19.2 Å². The van der Waals surface area contributed by atoms with Crippen LogP contribution in [-0.2, 0) is 9.53 Å². The third-order valence-electron chi connectivity index (χ3n) is 2.17. The van der Waals surface area contributed by atoms with Gasteiger partial charge < -0.3 is 10.1 Å². The van der Waals surface area contributed by atoms with Crippen LogP contribution in [0.2, 0.25) is 0 Å². The molecule has 1 aromatic heterocycles. The maximum Gasteiger partial charge on any atom is 0.328 e. The SMILES string of the molecule is CCC(NC(=O)c1cncc(Br)c1)C(=O)OC. The molecule has 92 valence electrons. The van der Waals surface area contributed by atoms with Crippen LogP contribution in [-0.4, -0.2) is 30.0 Å². The summed E-state index contributed by atoms with van der Waals surface area (Å²) < 4.78 is 5.29. The van der Waals surface area contributed by atoms with Gasteiger partial charge in [0.15, 0.2) is 0 Å². The molecule has 1 unspecified atom stereocenters. The molecule has 17 heavy (non-hydrogen) atoms. The van der Waals surface area contributed by atoms with E-state index in [0.717, 1.165) is 0 Å². The van der Waals surface area contributed by atoms with Crippen LogP contribution in [0.1, 0.15) is 23.7 Å². The number of halogens is 1. The first-order chi connectivity index (χ1) is 8.08. The number of carbonyl (C=O) groups is 2. The molecule has 0 radical (unpaired) electrons. The van der Waals surface area contributed by atoms with E-state index in [2.05, 4.69) is 31.0 Å². The number of rotatable bonds is 4. The lowest BCUT2D eigenvalue weighted by Gasteiger charge is -2.14. The van der Waals surface area contributed by atoms with Gasteiger partial charge in [-0.25, -0.2) is 4.79 Å². The van der Waals surface area contributed by atoms with Crippen molar-refractivity contribution in [2.45, 2.75) is 19.4 Å². The van der Waals surface area contributed by atoms with Crippen LogP contribution in [0.4, 0.5) is 0 Å². The number of carbonyl (C=O) groups excluding carboxylic acids is 2. The number of esters is 1. The Morgan fingerprint density at radius 1 is 1.53 bits per heavy atom. The second-order valence-electron chi connectivity index (χ2n) is 3.35. The Balaban J connectivity index is 2.74. The smallest absolute Gasteiger partial charge is 0.328 e. The van der Waals surface area contributed by atoms with Gasteiger partial charge in [0.2, 0.25) is 0 Å². The van der Waals surface area contributed by atoms with E-state index in [1.165, 1.54) is 13.3 Å². The highest BCUT2D eigenvalue weighted by Gasteiger charge is 2.20. The van der Waals surface area contributed by atoms with E-state index in [-0.39, 0.29) is 5.91 Å².